The van der Waals surface area contributed by atoms with Gasteiger partial charge in [-0.15, -0.1) is 6.42 Å². The van der Waals surface area contributed by atoms with Gasteiger partial charge in [0.25, 0.3) is 0 Å². The standard InChI is InChI=1S/C13H20N2O3/c1-4-7-14-11(16)10(2)15-8-5-13(3,6-9-15)12(17)18/h1,10H,5-9H2,2-3H3,(H,14,16)(H,17,18). The summed E-state index contributed by atoms with van der Waals surface area (Å²) in [6.07, 6.45) is 6.21. The van der Waals surface area contributed by atoms with Crippen LogP contribution in [0.15, 0.2) is 0 Å². The minimum atomic E-state index is -0.758. The van der Waals surface area contributed by atoms with Crippen LogP contribution in [-0.2, 0) is 9.59 Å². The number of nitrogens with zero attached hydrogens (tertiary/aromatic N) is 1. The summed E-state index contributed by atoms with van der Waals surface area (Å²) >= 11 is 0. The number of piperidine rings is 1. The van der Waals surface area contributed by atoms with Crippen LogP contribution in [0, 0.1) is 17.8 Å². The highest BCUT2D eigenvalue weighted by Gasteiger charge is 2.38. The van der Waals surface area contributed by atoms with E-state index in [1.54, 1.807) is 6.92 Å². The highest BCUT2D eigenvalue weighted by atomic mass is 16.4. The third-order valence-corrected chi connectivity index (χ3v) is 3.71. The second-order valence-corrected chi connectivity index (χ2v) is 5.00. The van der Waals surface area contributed by atoms with Crippen molar-refractivity contribution in [2.75, 3.05) is 19.6 Å². The second-order valence-electron chi connectivity index (χ2n) is 5.00. The average Bonchev–Trinajstić information content (AvgIpc) is 2.35. The van der Waals surface area contributed by atoms with Crippen LogP contribution in [0.1, 0.15) is 26.7 Å². The number of rotatable bonds is 4. The molecule has 100 valence electrons. The number of terminal acetylenes is 1. The summed E-state index contributed by atoms with van der Waals surface area (Å²) in [7, 11) is 0. The molecule has 0 aromatic heterocycles. The monoisotopic (exact) mass is 252 g/mol. The van der Waals surface area contributed by atoms with Gasteiger partial charge < -0.3 is 10.4 Å². The van der Waals surface area contributed by atoms with Crippen molar-refractivity contribution in [3.05, 3.63) is 0 Å². The number of likely N-dealkylation sites (tertiary alicyclic amines) is 1. The molecule has 1 saturated heterocycles. The fraction of sp³-hybridized carbons (Fsp3) is 0.692. The zero-order valence-corrected chi connectivity index (χ0v) is 10.9. The minimum Gasteiger partial charge on any atom is -0.481 e. The average molecular weight is 252 g/mol. The third kappa shape index (κ3) is 3.23. The Hall–Kier alpha value is -1.54. The van der Waals surface area contributed by atoms with Gasteiger partial charge in [-0.05, 0) is 39.8 Å². The summed E-state index contributed by atoms with van der Waals surface area (Å²) in [5, 5.41) is 11.8. The maximum atomic E-state index is 11.7. The van der Waals surface area contributed by atoms with Crippen molar-refractivity contribution in [2.24, 2.45) is 5.41 Å². The number of carbonyl (C=O) groups is 2. The maximum Gasteiger partial charge on any atom is 0.309 e. The smallest absolute Gasteiger partial charge is 0.309 e. The van der Waals surface area contributed by atoms with E-state index in [0.717, 1.165) is 0 Å². The van der Waals surface area contributed by atoms with Crippen LogP contribution in [-0.4, -0.2) is 47.6 Å². The molecular formula is C13H20N2O3. The van der Waals surface area contributed by atoms with Crippen molar-refractivity contribution in [2.45, 2.75) is 32.7 Å². The van der Waals surface area contributed by atoms with Crippen molar-refractivity contribution >= 4 is 11.9 Å². The predicted molar refractivity (Wildman–Crippen MR) is 67.9 cm³/mol. The van der Waals surface area contributed by atoms with Crippen molar-refractivity contribution in [1.82, 2.24) is 10.2 Å². The lowest BCUT2D eigenvalue weighted by atomic mass is 9.80. The Morgan fingerprint density at radius 1 is 1.50 bits per heavy atom. The van der Waals surface area contributed by atoms with Gasteiger partial charge in [0.05, 0.1) is 18.0 Å². The maximum absolute atomic E-state index is 11.7. The van der Waals surface area contributed by atoms with E-state index >= 15 is 0 Å². The molecule has 0 saturated carbocycles. The number of hydrogen-bond acceptors (Lipinski definition) is 3. The minimum absolute atomic E-state index is 0.105. The van der Waals surface area contributed by atoms with E-state index in [2.05, 4.69) is 11.2 Å². The number of carboxylic acids is 1. The fourth-order valence-corrected chi connectivity index (χ4v) is 2.07. The van der Waals surface area contributed by atoms with E-state index in [-0.39, 0.29) is 18.5 Å². The summed E-state index contributed by atoms with van der Waals surface area (Å²) in [5.41, 5.74) is -0.661. The van der Waals surface area contributed by atoms with E-state index in [4.69, 9.17) is 11.5 Å². The summed E-state index contributed by atoms with van der Waals surface area (Å²) in [6, 6.07) is -0.267. The molecule has 5 heteroatoms. The van der Waals surface area contributed by atoms with Gasteiger partial charge in [0.15, 0.2) is 0 Å². The Kier molecular flexibility index (Phi) is 4.74. The quantitative estimate of drug-likeness (QED) is 0.707. The van der Waals surface area contributed by atoms with Crippen LogP contribution in [0.25, 0.3) is 0 Å². The van der Waals surface area contributed by atoms with Gasteiger partial charge in [-0.1, -0.05) is 5.92 Å². The molecule has 0 bridgehead atoms. The molecule has 1 aliphatic heterocycles. The van der Waals surface area contributed by atoms with Gasteiger partial charge in [0.2, 0.25) is 5.91 Å². The largest absolute Gasteiger partial charge is 0.481 e. The van der Waals surface area contributed by atoms with E-state index in [1.807, 2.05) is 11.8 Å². The number of carboxylic acid groups (broad SMARTS) is 1. The molecule has 1 amide bonds. The second kappa shape index (κ2) is 5.87. The van der Waals surface area contributed by atoms with Crippen molar-refractivity contribution < 1.29 is 14.7 Å². The highest BCUT2D eigenvalue weighted by Crippen LogP contribution is 2.31. The molecule has 1 fully saturated rings. The Bertz CT molecular complexity index is 365. The molecule has 5 nitrogen and oxygen atoms in total. The SMILES string of the molecule is C#CCNC(=O)C(C)N1CCC(C)(C(=O)O)CC1. The zero-order chi connectivity index (χ0) is 13.8. The lowest BCUT2D eigenvalue weighted by molar-refractivity contribution is -0.151. The van der Waals surface area contributed by atoms with Crippen LogP contribution in [0.2, 0.25) is 0 Å². The first-order valence-corrected chi connectivity index (χ1v) is 6.09. The molecule has 2 N–H and O–H groups in total. The molecule has 1 unspecified atom stereocenters. The molecule has 1 atom stereocenters. The summed E-state index contributed by atoms with van der Waals surface area (Å²) in [5.74, 6) is 1.49. The molecule has 0 aliphatic carbocycles. The number of hydrogen-bond donors (Lipinski definition) is 2. The first-order valence-electron chi connectivity index (χ1n) is 6.09. The van der Waals surface area contributed by atoms with Crippen LogP contribution < -0.4 is 5.32 Å². The Balaban J connectivity index is 2.50. The van der Waals surface area contributed by atoms with Crippen LogP contribution in [0.5, 0.6) is 0 Å². The Labute approximate surface area is 108 Å². The topological polar surface area (TPSA) is 69.6 Å². The van der Waals surface area contributed by atoms with E-state index < -0.39 is 11.4 Å². The molecule has 0 radical (unpaired) electrons. The molecule has 0 spiro atoms. The molecular weight excluding hydrogens is 232 g/mol. The van der Waals surface area contributed by atoms with Gasteiger partial charge in [-0.2, -0.15) is 0 Å². The molecule has 1 aliphatic rings. The van der Waals surface area contributed by atoms with Crippen LogP contribution in [0.3, 0.4) is 0 Å². The molecule has 18 heavy (non-hydrogen) atoms. The van der Waals surface area contributed by atoms with Crippen LogP contribution >= 0.6 is 0 Å². The lowest BCUT2D eigenvalue weighted by Crippen LogP contribution is -2.51. The zero-order valence-electron chi connectivity index (χ0n) is 10.9. The fourth-order valence-electron chi connectivity index (χ4n) is 2.07. The molecule has 0 aromatic carbocycles. The number of carbonyl (C=O) groups excluding carboxylic acids is 1. The molecule has 1 rings (SSSR count). The summed E-state index contributed by atoms with van der Waals surface area (Å²) in [4.78, 5) is 24.8. The van der Waals surface area contributed by atoms with E-state index in [1.165, 1.54) is 0 Å². The highest BCUT2D eigenvalue weighted by molar-refractivity contribution is 5.81. The molecule has 1 heterocycles. The van der Waals surface area contributed by atoms with Gasteiger partial charge in [-0.3, -0.25) is 14.5 Å². The number of nitrogens with one attached hydrogen (secondary N) is 1. The lowest BCUT2D eigenvalue weighted by Gasteiger charge is -2.38. The summed E-state index contributed by atoms with van der Waals surface area (Å²) in [6.45, 7) is 5.04. The van der Waals surface area contributed by atoms with Crippen LogP contribution in [0.4, 0.5) is 0 Å². The number of amides is 1. The summed E-state index contributed by atoms with van der Waals surface area (Å²) < 4.78 is 0. The predicted octanol–water partition coefficient (Wildman–Crippen LogP) is 0.311. The van der Waals surface area contributed by atoms with Crippen molar-refractivity contribution in [1.29, 1.82) is 0 Å². The third-order valence-electron chi connectivity index (χ3n) is 3.71. The van der Waals surface area contributed by atoms with Crippen molar-refractivity contribution in [3.8, 4) is 12.3 Å². The van der Waals surface area contributed by atoms with Gasteiger partial charge in [0.1, 0.15) is 0 Å². The van der Waals surface area contributed by atoms with E-state index in [9.17, 15) is 9.59 Å². The van der Waals surface area contributed by atoms with Gasteiger partial charge in [-0.25, -0.2) is 0 Å². The Morgan fingerprint density at radius 3 is 2.50 bits per heavy atom. The van der Waals surface area contributed by atoms with Gasteiger partial charge >= 0.3 is 5.97 Å². The normalized spacial score (nSPS) is 20.7. The number of aliphatic carboxylic acids is 1. The Morgan fingerprint density at radius 2 is 2.06 bits per heavy atom. The first kappa shape index (κ1) is 14.5. The molecule has 0 aromatic rings. The van der Waals surface area contributed by atoms with Gasteiger partial charge in [0, 0.05) is 0 Å². The van der Waals surface area contributed by atoms with E-state index in [0.29, 0.717) is 25.9 Å². The van der Waals surface area contributed by atoms with Crippen molar-refractivity contribution in [3.63, 3.8) is 0 Å². The first-order chi connectivity index (χ1) is 8.40.